The number of carboxylic acid groups (broad SMARTS) is 1. The number of carbonyl (C=O) groups excluding carboxylic acids is 3. The molecule has 0 saturated heterocycles. The number of esters is 2. The number of ether oxygens (including phenoxy) is 3. The number of carbonyl (C=O) groups is 3. The van der Waals surface area contributed by atoms with Crippen LogP contribution in [0.4, 0.5) is 0 Å². The summed E-state index contributed by atoms with van der Waals surface area (Å²) >= 11 is 0. The van der Waals surface area contributed by atoms with E-state index in [4.69, 9.17) is 14.2 Å². The van der Waals surface area contributed by atoms with Crippen molar-refractivity contribution in [2.45, 2.75) is 219 Å². The van der Waals surface area contributed by atoms with Gasteiger partial charge in [-0.15, -0.1) is 0 Å². The van der Waals surface area contributed by atoms with Crippen molar-refractivity contribution in [3.63, 3.8) is 0 Å². The van der Waals surface area contributed by atoms with Crippen LogP contribution in [-0.2, 0) is 28.6 Å². The van der Waals surface area contributed by atoms with E-state index in [2.05, 4.69) is 86.8 Å². The molecule has 0 heterocycles. The van der Waals surface area contributed by atoms with Gasteiger partial charge in [0.25, 0.3) is 0 Å². The Morgan fingerprint density at radius 2 is 0.889 bits per heavy atom. The SMILES string of the molecule is CC/C=C\C/C=C\C/C=C\C/C=C\CCCCCCCCCCC(=O)OC(COCCC(C(=O)[O-])[N+](C)(C)C)COC(=O)CCCCCCCCC/C=C\C/C=C\CCCCCC. The van der Waals surface area contributed by atoms with Gasteiger partial charge in [-0.25, -0.2) is 0 Å². The van der Waals surface area contributed by atoms with E-state index in [1.165, 1.54) is 89.9 Å². The molecule has 0 N–H and O–H groups in total. The molecule has 0 amide bonds. The van der Waals surface area contributed by atoms with Gasteiger partial charge in [0.15, 0.2) is 6.10 Å². The van der Waals surface area contributed by atoms with Crippen molar-refractivity contribution in [3.8, 4) is 0 Å². The maximum atomic E-state index is 12.8. The number of aliphatic carboxylic acids is 1. The maximum absolute atomic E-state index is 12.8. The van der Waals surface area contributed by atoms with Crippen LogP contribution in [0.25, 0.3) is 0 Å². The Labute approximate surface area is 387 Å². The van der Waals surface area contributed by atoms with Gasteiger partial charge in [0, 0.05) is 19.3 Å². The Balaban J connectivity index is 4.29. The van der Waals surface area contributed by atoms with Crippen molar-refractivity contribution in [3.05, 3.63) is 72.9 Å². The highest BCUT2D eigenvalue weighted by Crippen LogP contribution is 2.14. The molecule has 63 heavy (non-hydrogen) atoms. The first kappa shape index (κ1) is 59.8. The van der Waals surface area contributed by atoms with Crippen LogP contribution in [0.3, 0.4) is 0 Å². The number of likely N-dealkylation sites (N-methyl/N-ethyl adjacent to an activating group) is 1. The first-order valence-electron chi connectivity index (χ1n) is 25.5. The molecule has 0 aliphatic carbocycles. The number of allylic oxidation sites excluding steroid dienone is 12. The summed E-state index contributed by atoms with van der Waals surface area (Å²) < 4.78 is 17.2. The first-order valence-corrected chi connectivity index (χ1v) is 25.5. The van der Waals surface area contributed by atoms with Crippen molar-refractivity contribution in [2.24, 2.45) is 0 Å². The number of hydrogen-bond acceptors (Lipinski definition) is 7. The minimum absolute atomic E-state index is 0.0320. The summed E-state index contributed by atoms with van der Waals surface area (Å²) in [7, 11) is 5.41. The molecule has 0 aromatic heterocycles. The Bertz CT molecular complexity index is 1260. The highest BCUT2D eigenvalue weighted by Gasteiger charge is 2.25. The molecule has 0 aliphatic rings. The molecule has 0 bridgehead atoms. The molecule has 362 valence electrons. The third-order valence-corrected chi connectivity index (χ3v) is 11.1. The molecule has 2 atom stereocenters. The fraction of sp³-hybridized carbons (Fsp3) is 0.727. The lowest BCUT2D eigenvalue weighted by Gasteiger charge is -2.34. The zero-order chi connectivity index (χ0) is 46.3. The molecular weight excluding hydrogens is 787 g/mol. The second-order valence-corrected chi connectivity index (χ2v) is 18.0. The number of unbranched alkanes of at least 4 members (excludes halogenated alkanes) is 19. The fourth-order valence-electron chi connectivity index (χ4n) is 7.15. The molecule has 0 aromatic carbocycles. The smallest absolute Gasteiger partial charge is 0.306 e. The second-order valence-electron chi connectivity index (χ2n) is 18.0. The molecule has 0 radical (unpaired) electrons. The van der Waals surface area contributed by atoms with Crippen LogP contribution in [0.15, 0.2) is 72.9 Å². The summed E-state index contributed by atoms with van der Waals surface area (Å²) in [5.41, 5.74) is 0. The molecule has 0 fully saturated rings. The first-order chi connectivity index (χ1) is 30.6. The highest BCUT2D eigenvalue weighted by atomic mass is 16.6. The third-order valence-electron chi connectivity index (χ3n) is 11.1. The number of nitrogens with zero attached hydrogens (tertiary/aromatic N) is 1. The predicted octanol–water partition coefficient (Wildman–Crippen LogP) is 13.4. The molecule has 0 rings (SSSR count). The fourth-order valence-corrected chi connectivity index (χ4v) is 7.15. The zero-order valence-corrected chi connectivity index (χ0v) is 41.2. The van der Waals surface area contributed by atoms with Gasteiger partial charge in [0.05, 0.1) is 40.3 Å². The molecule has 0 saturated carbocycles. The van der Waals surface area contributed by atoms with Gasteiger partial charge in [-0.2, -0.15) is 0 Å². The quantitative estimate of drug-likeness (QED) is 0.0260. The van der Waals surface area contributed by atoms with Gasteiger partial charge in [-0.1, -0.05) is 177 Å². The number of carboxylic acids is 1. The van der Waals surface area contributed by atoms with Gasteiger partial charge in [0.1, 0.15) is 12.6 Å². The number of rotatable bonds is 45. The van der Waals surface area contributed by atoms with Crippen molar-refractivity contribution >= 4 is 17.9 Å². The van der Waals surface area contributed by atoms with Gasteiger partial charge in [-0.3, -0.25) is 9.59 Å². The van der Waals surface area contributed by atoms with Crippen LogP contribution < -0.4 is 5.11 Å². The normalized spacial score (nSPS) is 13.5. The van der Waals surface area contributed by atoms with E-state index in [0.717, 1.165) is 83.5 Å². The van der Waals surface area contributed by atoms with Crippen LogP contribution >= 0.6 is 0 Å². The standard InChI is InChI=1S/C55H95NO7/c1-6-8-10-12-14-16-18-20-22-24-26-27-28-30-32-34-36-38-40-42-44-46-54(58)63-51(49-61-48-47-52(55(59)60)56(3,4)5)50-62-53(57)45-43-41-39-37-35-33-31-29-25-23-21-19-17-15-13-11-9-7-2/h8,10,14,16-17,19-20,22-23,25-27,51-52H,6-7,9,11-13,15,18,21,24,28-50H2,1-5H3/b10-8-,16-14-,19-17-,22-20-,25-23-,27-26-. The summed E-state index contributed by atoms with van der Waals surface area (Å²) in [5, 5.41) is 11.7. The Kier molecular flexibility index (Phi) is 43.0. The maximum Gasteiger partial charge on any atom is 0.306 e. The minimum atomic E-state index is -1.13. The lowest BCUT2D eigenvalue weighted by molar-refractivity contribution is -0.889. The summed E-state index contributed by atoms with van der Waals surface area (Å²) in [6.07, 6.45) is 57.8. The lowest BCUT2D eigenvalue weighted by atomic mass is 10.1. The Hall–Kier alpha value is -3.23. The van der Waals surface area contributed by atoms with E-state index in [1.807, 2.05) is 0 Å². The molecule has 0 aromatic rings. The van der Waals surface area contributed by atoms with Crippen molar-refractivity contribution in [2.75, 3.05) is 41.0 Å². The molecule has 8 heteroatoms. The van der Waals surface area contributed by atoms with Crippen molar-refractivity contribution in [1.82, 2.24) is 0 Å². The van der Waals surface area contributed by atoms with E-state index in [1.54, 1.807) is 21.1 Å². The molecule has 2 unspecified atom stereocenters. The lowest BCUT2D eigenvalue weighted by Crippen LogP contribution is -2.55. The Morgan fingerprint density at radius 1 is 0.492 bits per heavy atom. The molecular formula is C55H95NO7. The molecule has 0 aliphatic heterocycles. The van der Waals surface area contributed by atoms with Crippen molar-refractivity contribution < 1.29 is 38.2 Å². The summed E-state index contributed by atoms with van der Waals surface area (Å²) in [4.78, 5) is 37.0. The number of hydrogen-bond donors (Lipinski definition) is 0. The zero-order valence-electron chi connectivity index (χ0n) is 41.2. The highest BCUT2D eigenvalue weighted by molar-refractivity contribution is 5.70. The van der Waals surface area contributed by atoms with Crippen LogP contribution in [0.2, 0.25) is 0 Å². The van der Waals surface area contributed by atoms with Gasteiger partial charge < -0.3 is 28.6 Å². The van der Waals surface area contributed by atoms with Crippen LogP contribution in [0, 0.1) is 0 Å². The summed E-state index contributed by atoms with van der Waals surface area (Å²) in [6, 6.07) is -0.732. The number of quaternary nitrogens is 1. The average molecular weight is 882 g/mol. The second kappa shape index (κ2) is 45.3. The van der Waals surface area contributed by atoms with Gasteiger partial charge >= 0.3 is 11.9 Å². The summed E-state index contributed by atoms with van der Waals surface area (Å²) in [6.45, 7) is 4.52. The van der Waals surface area contributed by atoms with Gasteiger partial charge in [0.2, 0.25) is 0 Å². The van der Waals surface area contributed by atoms with E-state index in [0.29, 0.717) is 12.8 Å². The molecule has 0 spiro atoms. The third kappa shape index (κ3) is 43.8. The van der Waals surface area contributed by atoms with E-state index in [-0.39, 0.29) is 42.7 Å². The van der Waals surface area contributed by atoms with E-state index in [9.17, 15) is 19.5 Å². The predicted molar refractivity (Wildman–Crippen MR) is 263 cm³/mol. The average Bonchev–Trinajstić information content (AvgIpc) is 3.24. The monoisotopic (exact) mass is 882 g/mol. The largest absolute Gasteiger partial charge is 0.544 e. The van der Waals surface area contributed by atoms with Crippen LogP contribution in [0.1, 0.15) is 206 Å². The summed E-state index contributed by atoms with van der Waals surface area (Å²) in [5.74, 6) is -1.76. The van der Waals surface area contributed by atoms with E-state index >= 15 is 0 Å². The Morgan fingerprint density at radius 3 is 1.32 bits per heavy atom. The van der Waals surface area contributed by atoms with Crippen molar-refractivity contribution in [1.29, 1.82) is 0 Å². The van der Waals surface area contributed by atoms with Gasteiger partial charge in [-0.05, 0) is 83.5 Å². The van der Waals surface area contributed by atoms with Crippen LogP contribution in [0.5, 0.6) is 0 Å². The van der Waals surface area contributed by atoms with Crippen LogP contribution in [-0.4, -0.2) is 75.5 Å². The van der Waals surface area contributed by atoms with E-state index < -0.39 is 18.1 Å². The molecule has 8 nitrogen and oxygen atoms in total. The topological polar surface area (TPSA) is 102 Å². The minimum Gasteiger partial charge on any atom is -0.544 e.